The molecule has 19 heavy (non-hydrogen) atoms. The summed E-state index contributed by atoms with van der Waals surface area (Å²) in [6.07, 6.45) is 6.20. The summed E-state index contributed by atoms with van der Waals surface area (Å²) in [4.78, 5) is 21.4. The van der Waals surface area contributed by atoms with E-state index >= 15 is 0 Å². The maximum Gasteiger partial charge on any atom is 0.225 e. The van der Waals surface area contributed by atoms with Gasteiger partial charge in [-0.25, -0.2) is 9.97 Å². The number of hydrogen-bond donors (Lipinski definition) is 0. The Kier molecular flexibility index (Phi) is 6.46. The number of hydrogen-bond acceptors (Lipinski definition) is 4. The van der Waals surface area contributed by atoms with Crippen molar-refractivity contribution in [1.82, 2.24) is 9.97 Å². The Bertz CT molecular complexity index is 361. The molecule has 0 saturated carbocycles. The first-order valence-corrected chi connectivity index (χ1v) is 7.05. The van der Waals surface area contributed by atoms with Crippen molar-refractivity contribution in [1.29, 1.82) is 0 Å². The van der Waals surface area contributed by atoms with Crippen LogP contribution in [0.3, 0.4) is 0 Å². The van der Waals surface area contributed by atoms with Gasteiger partial charge in [-0.3, -0.25) is 4.79 Å². The average molecular weight is 263 g/mol. The molecule has 0 saturated heterocycles. The molecule has 0 aliphatic heterocycles. The largest absolute Gasteiger partial charge is 0.341 e. The molecule has 0 atom stereocenters. The Morgan fingerprint density at radius 3 is 1.89 bits per heavy atom. The van der Waals surface area contributed by atoms with Gasteiger partial charge in [-0.05, 0) is 24.7 Å². The van der Waals surface area contributed by atoms with Gasteiger partial charge in [0.05, 0.1) is 5.56 Å². The lowest BCUT2D eigenvalue weighted by atomic mass is 10.1. The highest BCUT2D eigenvalue weighted by Gasteiger charge is 2.11. The molecule has 1 aromatic rings. The van der Waals surface area contributed by atoms with E-state index in [0.29, 0.717) is 17.4 Å². The summed E-state index contributed by atoms with van der Waals surface area (Å²) in [5.41, 5.74) is 0.524. The number of rotatable bonds is 8. The maximum absolute atomic E-state index is 10.6. The Labute approximate surface area is 116 Å². The van der Waals surface area contributed by atoms with E-state index in [9.17, 15) is 4.79 Å². The first kappa shape index (κ1) is 15.6. The summed E-state index contributed by atoms with van der Waals surface area (Å²) < 4.78 is 0. The minimum absolute atomic E-state index is 0.524. The monoisotopic (exact) mass is 263 g/mol. The Morgan fingerprint density at radius 2 is 1.53 bits per heavy atom. The fourth-order valence-corrected chi connectivity index (χ4v) is 1.70. The fraction of sp³-hybridized carbons (Fsp3) is 0.667. The van der Waals surface area contributed by atoms with Crippen LogP contribution in [0.15, 0.2) is 12.4 Å². The highest BCUT2D eigenvalue weighted by atomic mass is 16.1. The first-order chi connectivity index (χ1) is 9.02. The molecule has 0 aromatic carbocycles. The van der Waals surface area contributed by atoms with Crippen LogP contribution < -0.4 is 4.90 Å². The fourth-order valence-electron chi connectivity index (χ4n) is 1.70. The van der Waals surface area contributed by atoms with Gasteiger partial charge in [-0.2, -0.15) is 0 Å². The van der Waals surface area contributed by atoms with Gasteiger partial charge in [0.15, 0.2) is 6.29 Å². The Morgan fingerprint density at radius 1 is 1.05 bits per heavy atom. The van der Waals surface area contributed by atoms with Crippen LogP contribution in [0.1, 0.15) is 50.9 Å². The highest BCUT2D eigenvalue weighted by Crippen LogP contribution is 2.12. The smallest absolute Gasteiger partial charge is 0.225 e. The summed E-state index contributed by atoms with van der Waals surface area (Å²) in [6.45, 7) is 10.8. The van der Waals surface area contributed by atoms with Crippen LogP contribution in [0.4, 0.5) is 5.95 Å². The molecule has 0 amide bonds. The van der Waals surface area contributed by atoms with E-state index in [-0.39, 0.29) is 0 Å². The summed E-state index contributed by atoms with van der Waals surface area (Å²) >= 11 is 0. The molecule has 0 N–H and O–H groups in total. The van der Waals surface area contributed by atoms with Gasteiger partial charge >= 0.3 is 0 Å². The van der Waals surface area contributed by atoms with E-state index in [2.05, 4.69) is 42.6 Å². The predicted molar refractivity (Wildman–Crippen MR) is 78.5 cm³/mol. The van der Waals surface area contributed by atoms with Gasteiger partial charge in [-0.1, -0.05) is 27.7 Å². The van der Waals surface area contributed by atoms with Crippen LogP contribution in [-0.4, -0.2) is 29.3 Å². The summed E-state index contributed by atoms with van der Waals surface area (Å²) in [7, 11) is 0. The average Bonchev–Trinajstić information content (AvgIpc) is 2.38. The summed E-state index contributed by atoms with van der Waals surface area (Å²) in [6, 6.07) is 0. The molecule has 0 radical (unpaired) electrons. The number of aldehydes is 1. The van der Waals surface area contributed by atoms with Crippen molar-refractivity contribution >= 4 is 12.2 Å². The lowest BCUT2D eigenvalue weighted by Crippen LogP contribution is -2.29. The van der Waals surface area contributed by atoms with E-state index < -0.39 is 0 Å². The zero-order valence-corrected chi connectivity index (χ0v) is 12.5. The van der Waals surface area contributed by atoms with Gasteiger partial charge in [0.25, 0.3) is 0 Å². The Hall–Kier alpha value is -1.45. The van der Waals surface area contributed by atoms with E-state index in [4.69, 9.17) is 0 Å². The van der Waals surface area contributed by atoms with Crippen molar-refractivity contribution in [2.45, 2.75) is 40.5 Å². The van der Waals surface area contributed by atoms with Crippen LogP contribution >= 0.6 is 0 Å². The maximum atomic E-state index is 10.6. The first-order valence-electron chi connectivity index (χ1n) is 7.05. The molecule has 1 heterocycles. The predicted octanol–water partition coefficient (Wildman–Crippen LogP) is 3.19. The molecule has 0 unspecified atom stereocenters. The second-order valence-corrected chi connectivity index (χ2v) is 5.79. The standard InChI is InChI=1S/C15H25N3O/c1-12(2)5-7-18(8-6-13(3)4)15-16-9-14(11-19)10-17-15/h9-13H,5-8H2,1-4H3. The lowest BCUT2D eigenvalue weighted by molar-refractivity contribution is 0.112. The molecular formula is C15H25N3O. The zero-order valence-electron chi connectivity index (χ0n) is 12.5. The van der Waals surface area contributed by atoms with Crippen molar-refractivity contribution in [3.8, 4) is 0 Å². The number of aromatic nitrogens is 2. The van der Waals surface area contributed by atoms with Gasteiger partial charge in [0.1, 0.15) is 0 Å². The van der Waals surface area contributed by atoms with Crippen molar-refractivity contribution in [3.63, 3.8) is 0 Å². The number of nitrogens with zero attached hydrogens (tertiary/aromatic N) is 3. The van der Waals surface area contributed by atoms with Crippen LogP contribution in [-0.2, 0) is 0 Å². The summed E-state index contributed by atoms with van der Waals surface area (Å²) in [5.74, 6) is 2.05. The Balaban J connectivity index is 2.71. The molecule has 0 fully saturated rings. The van der Waals surface area contributed by atoms with E-state index in [0.717, 1.165) is 38.2 Å². The molecule has 0 aliphatic carbocycles. The second kappa shape index (κ2) is 7.87. The molecule has 1 rings (SSSR count). The van der Waals surface area contributed by atoms with Crippen LogP contribution in [0.5, 0.6) is 0 Å². The normalized spacial score (nSPS) is 11.1. The molecule has 0 bridgehead atoms. The van der Waals surface area contributed by atoms with Gasteiger partial charge in [-0.15, -0.1) is 0 Å². The van der Waals surface area contributed by atoms with Gasteiger partial charge < -0.3 is 4.90 Å². The van der Waals surface area contributed by atoms with Crippen molar-refractivity contribution < 1.29 is 4.79 Å². The quantitative estimate of drug-likeness (QED) is 0.676. The van der Waals surface area contributed by atoms with E-state index in [1.807, 2.05) is 0 Å². The van der Waals surface area contributed by atoms with Gasteiger partial charge in [0, 0.05) is 25.5 Å². The van der Waals surface area contributed by atoms with Crippen LogP contribution in [0, 0.1) is 11.8 Å². The lowest BCUT2D eigenvalue weighted by Gasteiger charge is -2.24. The number of carbonyl (C=O) groups excluding carboxylic acids is 1. The van der Waals surface area contributed by atoms with Crippen LogP contribution in [0.25, 0.3) is 0 Å². The molecule has 1 aromatic heterocycles. The number of anilines is 1. The third-order valence-electron chi connectivity index (χ3n) is 3.03. The molecule has 0 aliphatic rings. The topological polar surface area (TPSA) is 46.1 Å². The van der Waals surface area contributed by atoms with E-state index in [1.54, 1.807) is 12.4 Å². The van der Waals surface area contributed by atoms with E-state index in [1.165, 1.54) is 0 Å². The molecule has 0 spiro atoms. The number of carbonyl (C=O) groups is 1. The minimum Gasteiger partial charge on any atom is -0.341 e. The zero-order chi connectivity index (χ0) is 14.3. The third-order valence-corrected chi connectivity index (χ3v) is 3.03. The third kappa shape index (κ3) is 5.81. The molecular weight excluding hydrogens is 238 g/mol. The molecule has 4 nitrogen and oxygen atoms in total. The van der Waals surface area contributed by atoms with Crippen molar-refractivity contribution in [3.05, 3.63) is 18.0 Å². The van der Waals surface area contributed by atoms with Crippen molar-refractivity contribution in [2.75, 3.05) is 18.0 Å². The van der Waals surface area contributed by atoms with Crippen molar-refractivity contribution in [2.24, 2.45) is 11.8 Å². The molecule has 4 heteroatoms. The minimum atomic E-state index is 0.524. The van der Waals surface area contributed by atoms with Gasteiger partial charge in [0.2, 0.25) is 5.95 Å². The highest BCUT2D eigenvalue weighted by molar-refractivity contribution is 5.73. The summed E-state index contributed by atoms with van der Waals surface area (Å²) in [5, 5.41) is 0. The second-order valence-electron chi connectivity index (χ2n) is 5.79. The molecule has 106 valence electrons. The SMILES string of the molecule is CC(C)CCN(CCC(C)C)c1ncc(C=O)cn1. The van der Waals surface area contributed by atoms with Crippen LogP contribution in [0.2, 0.25) is 0 Å².